The SMILES string of the molecule is CCOC(=O)c1sc(NC(=O)[C@H]2CCCN(c3ccc(=O)n(C)n3)C2)nc1C. The van der Waals surface area contributed by atoms with Gasteiger partial charge in [0.15, 0.2) is 5.13 Å². The molecule has 0 spiro atoms. The van der Waals surface area contributed by atoms with Crippen molar-refractivity contribution in [2.75, 3.05) is 29.9 Å². The molecule has 1 atom stereocenters. The van der Waals surface area contributed by atoms with E-state index in [-0.39, 0.29) is 24.0 Å². The highest BCUT2D eigenvalue weighted by molar-refractivity contribution is 7.17. The molecular formula is C18H23N5O4S. The molecule has 0 unspecified atom stereocenters. The first kappa shape index (κ1) is 20.0. The minimum Gasteiger partial charge on any atom is -0.462 e. The molecule has 1 fully saturated rings. The topological polar surface area (TPSA) is 106 Å². The highest BCUT2D eigenvalue weighted by atomic mass is 32.1. The Kier molecular flexibility index (Phi) is 6.08. The van der Waals surface area contributed by atoms with Crippen LogP contribution in [0.2, 0.25) is 0 Å². The molecule has 0 bridgehead atoms. The number of esters is 1. The number of thiazole rings is 1. The second-order valence-corrected chi connectivity index (χ2v) is 7.58. The maximum Gasteiger partial charge on any atom is 0.350 e. The van der Waals surface area contributed by atoms with Crippen LogP contribution in [0.4, 0.5) is 10.9 Å². The molecule has 2 aromatic rings. The van der Waals surface area contributed by atoms with Crippen molar-refractivity contribution in [2.45, 2.75) is 26.7 Å². The fourth-order valence-electron chi connectivity index (χ4n) is 3.10. The molecule has 0 aromatic carbocycles. The van der Waals surface area contributed by atoms with Crippen LogP contribution in [-0.4, -0.2) is 46.3 Å². The number of amides is 1. The number of nitrogens with zero attached hydrogens (tertiary/aromatic N) is 4. The maximum absolute atomic E-state index is 12.7. The Hall–Kier alpha value is -2.75. The smallest absolute Gasteiger partial charge is 0.350 e. The molecule has 1 N–H and O–H groups in total. The monoisotopic (exact) mass is 405 g/mol. The molecule has 0 aliphatic carbocycles. The van der Waals surface area contributed by atoms with Crippen LogP contribution in [0.5, 0.6) is 0 Å². The zero-order chi connectivity index (χ0) is 20.3. The van der Waals surface area contributed by atoms with Gasteiger partial charge in [-0.25, -0.2) is 14.5 Å². The largest absolute Gasteiger partial charge is 0.462 e. The number of rotatable bonds is 5. The number of hydrogen-bond donors (Lipinski definition) is 1. The third-order valence-electron chi connectivity index (χ3n) is 4.55. The van der Waals surface area contributed by atoms with Gasteiger partial charge in [0.2, 0.25) is 5.91 Å². The minimum absolute atomic E-state index is 0.140. The van der Waals surface area contributed by atoms with Gasteiger partial charge in [-0.05, 0) is 32.8 Å². The van der Waals surface area contributed by atoms with Crippen molar-refractivity contribution in [2.24, 2.45) is 13.0 Å². The molecule has 3 heterocycles. The lowest BCUT2D eigenvalue weighted by Crippen LogP contribution is -2.41. The molecule has 9 nitrogen and oxygen atoms in total. The van der Waals surface area contributed by atoms with Gasteiger partial charge in [-0.2, -0.15) is 5.10 Å². The van der Waals surface area contributed by atoms with Crippen molar-refractivity contribution >= 4 is 34.2 Å². The molecule has 2 aromatic heterocycles. The number of ether oxygens (including phenoxy) is 1. The van der Waals surface area contributed by atoms with E-state index in [1.165, 1.54) is 10.7 Å². The van der Waals surface area contributed by atoms with E-state index in [1.807, 2.05) is 4.90 Å². The molecule has 1 aliphatic rings. The van der Waals surface area contributed by atoms with Crippen LogP contribution in [-0.2, 0) is 16.6 Å². The number of anilines is 2. The third kappa shape index (κ3) is 4.38. The van der Waals surface area contributed by atoms with E-state index in [4.69, 9.17) is 4.74 Å². The van der Waals surface area contributed by atoms with Gasteiger partial charge in [0.1, 0.15) is 10.7 Å². The van der Waals surface area contributed by atoms with E-state index >= 15 is 0 Å². The van der Waals surface area contributed by atoms with Crippen LogP contribution in [0.1, 0.15) is 35.1 Å². The van der Waals surface area contributed by atoms with Crippen molar-refractivity contribution < 1.29 is 14.3 Å². The summed E-state index contributed by atoms with van der Waals surface area (Å²) in [6.07, 6.45) is 1.59. The van der Waals surface area contributed by atoms with Gasteiger partial charge in [0, 0.05) is 26.2 Å². The van der Waals surface area contributed by atoms with Crippen molar-refractivity contribution in [1.29, 1.82) is 0 Å². The van der Waals surface area contributed by atoms with Gasteiger partial charge < -0.3 is 15.0 Å². The van der Waals surface area contributed by atoms with Gasteiger partial charge in [-0.1, -0.05) is 11.3 Å². The lowest BCUT2D eigenvalue weighted by molar-refractivity contribution is -0.120. The maximum atomic E-state index is 12.7. The van der Waals surface area contributed by atoms with Crippen LogP contribution < -0.4 is 15.8 Å². The number of piperidine rings is 1. The molecular weight excluding hydrogens is 382 g/mol. The standard InChI is InChI=1S/C18H23N5O4S/c1-4-27-17(26)15-11(2)19-18(28-15)20-16(25)12-6-5-9-23(10-12)13-7-8-14(24)22(3)21-13/h7-8,12H,4-6,9-10H2,1-3H3,(H,19,20,25)/t12-/m0/s1. The Morgan fingerprint density at radius 1 is 1.39 bits per heavy atom. The van der Waals surface area contributed by atoms with E-state index in [2.05, 4.69) is 15.4 Å². The minimum atomic E-state index is -0.428. The van der Waals surface area contributed by atoms with Crippen molar-refractivity contribution in [3.05, 3.63) is 33.1 Å². The first-order valence-corrected chi connectivity index (χ1v) is 9.95. The number of aryl methyl sites for hydroxylation is 2. The first-order valence-electron chi connectivity index (χ1n) is 9.13. The fraction of sp³-hybridized carbons (Fsp3) is 0.500. The number of aromatic nitrogens is 3. The predicted molar refractivity (Wildman–Crippen MR) is 106 cm³/mol. The van der Waals surface area contributed by atoms with Crippen LogP contribution >= 0.6 is 11.3 Å². The summed E-state index contributed by atoms with van der Waals surface area (Å²) in [7, 11) is 1.60. The molecule has 1 saturated heterocycles. The summed E-state index contributed by atoms with van der Waals surface area (Å²) < 4.78 is 6.29. The van der Waals surface area contributed by atoms with E-state index in [0.717, 1.165) is 30.7 Å². The zero-order valence-corrected chi connectivity index (χ0v) is 16.9. The Morgan fingerprint density at radius 3 is 2.89 bits per heavy atom. The summed E-state index contributed by atoms with van der Waals surface area (Å²) >= 11 is 1.12. The molecule has 3 rings (SSSR count). The third-order valence-corrected chi connectivity index (χ3v) is 5.60. The van der Waals surface area contributed by atoms with Crippen LogP contribution in [0, 0.1) is 12.8 Å². The van der Waals surface area contributed by atoms with Gasteiger partial charge in [0.25, 0.3) is 5.56 Å². The van der Waals surface area contributed by atoms with Crippen molar-refractivity contribution in [3.63, 3.8) is 0 Å². The summed E-state index contributed by atoms with van der Waals surface area (Å²) in [6.45, 7) is 5.02. The Bertz CT molecular complexity index is 938. The average molecular weight is 405 g/mol. The Balaban J connectivity index is 1.67. The summed E-state index contributed by atoms with van der Waals surface area (Å²) in [4.78, 5) is 42.8. The molecule has 0 saturated carbocycles. The number of nitrogens with one attached hydrogen (secondary N) is 1. The van der Waals surface area contributed by atoms with Gasteiger partial charge in [0.05, 0.1) is 18.2 Å². The van der Waals surface area contributed by atoms with E-state index in [1.54, 1.807) is 27.0 Å². The van der Waals surface area contributed by atoms with E-state index in [0.29, 0.717) is 28.1 Å². The molecule has 150 valence electrons. The molecule has 28 heavy (non-hydrogen) atoms. The molecule has 1 amide bonds. The number of hydrogen-bond acceptors (Lipinski definition) is 8. The van der Waals surface area contributed by atoms with Crippen molar-refractivity contribution in [3.8, 4) is 0 Å². The lowest BCUT2D eigenvalue weighted by atomic mass is 9.97. The van der Waals surface area contributed by atoms with Crippen LogP contribution in [0.25, 0.3) is 0 Å². The number of carbonyl (C=O) groups is 2. The van der Waals surface area contributed by atoms with Gasteiger partial charge in [-0.3, -0.25) is 9.59 Å². The van der Waals surface area contributed by atoms with Crippen molar-refractivity contribution in [1.82, 2.24) is 14.8 Å². The molecule has 0 radical (unpaired) electrons. The summed E-state index contributed by atoms with van der Waals surface area (Å²) in [5.74, 6) is -0.126. The summed E-state index contributed by atoms with van der Waals surface area (Å²) in [5.41, 5.74) is 0.366. The zero-order valence-electron chi connectivity index (χ0n) is 16.1. The average Bonchev–Trinajstić information content (AvgIpc) is 3.04. The molecule has 1 aliphatic heterocycles. The fourth-order valence-corrected chi connectivity index (χ4v) is 3.96. The number of carbonyl (C=O) groups excluding carboxylic acids is 2. The van der Waals surface area contributed by atoms with Crippen LogP contribution in [0.3, 0.4) is 0 Å². The Morgan fingerprint density at radius 2 is 2.18 bits per heavy atom. The van der Waals surface area contributed by atoms with Crippen LogP contribution in [0.15, 0.2) is 16.9 Å². The highest BCUT2D eigenvalue weighted by Gasteiger charge is 2.28. The first-order chi connectivity index (χ1) is 13.4. The summed E-state index contributed by atoms with van der Waals surface area (Å²) in [5, 5.41) is 7.48. The second-order valence-electron chi connectivity index (χ2n) is 6.58. The Labute approximate surface area is 166 Å². The van der Waals surface area contributed by atoms with E-state index in [9.17, 15) is 14.4 Å². The predicted octanol–water partition coefficient (Wildman–Crippen LogP) is 1.58. The highest BCUT2D eigenvalue weighted by Crippen LogP contribution is 2.26. The quantitative estimate of drug-likeness (QED) is 0.753. The summed E-state index contributed by atoms with van der Waals surface area (Å²) in [6, 6.07) is 3.15. The van der Waals surface area contributed by atoms with Gasteiger partial charge in [-0.15, -0.1) is 0 Å². The van der Waals surface area contributed by atoms with Gasteiger partial charge >= 0.3 is 5.97 Å². The van der Waals surface area contributed by atoms with E-state index < -0.39 is 5.97 Å². The lowest BCUT2D eigenvalue weighted by Gasteiger charge is -2.32. The second kappa shape index (κ2) is 8.51. The molecule has 10 heteroatoms. The normalized spacial score (nSPS) is 16.7.